The Bertz CT molecular complexity index is 615. The molecule has 1 atom stereocenters. The van der Waals surface area contributed by atoms with E-state index in [4.69, 9.17) is 4.74 Å². The van der Waals surface area contributed by atoms with Crippen LogP contribution in [0.15, 0.2) is 24.3 Å². The number of carbonyl (C=O) groups excluding carboxylic acids is 1. The molecule has 116 valence electrons. The lowest BCUT2D eigenvalue weighted by Crippen LogP contribution is -2.39. The molecule has 1 amide bonds. The van der Waals surface area contributed by atoms with Crippen molar-refractivity contribution >= 4 is 15.9 Å². The fourth-order valence-corrected chi connectivity index (χ4v) is 3.83. The van der Waals surface area contributed by atoms with Crippen LogP contribution in [0.5, 0.6) is 5.75 Å². The van der Waals surface area contributed by atoms with Gasteiger partial charge < -0.3 is 10.1 Å². The highest BCUT2D eigenvalue weighted by Crippen LogP contribution is 2.20. The first-order valence-corrected chi connectivity index (χ1v) is 8.40. The molecule has 1 aliphatic rings. The zero-order valence-electron chi connectivity index (χ0n) is 12.2. The standard InChI is InChI=1S/C14H20N2O4S/c1-3-20-12-6-4-5-11(9-12)10-15-14(17)13-7-8-16(2)21(13,18)19/h4-6,9,13H,3,7-8,10H2,1-2H3,(H,15,17)/t13-/m0/s1. The lowest BCUT2D eigenvalue weighted by atomic mass is 10.2. The first-order valence-electron chi connectivity index (χ1n) is 6.89. The normalized spacial score (nSPS) is 21.1. The maximum atomic E-state index is 12.0. The molecule has 0 aromatic heterocycles. The summed E-state index contributed by atoms with van der Waals surface area (Å²) in [6.07, 6.45) is 0.337. The first-order chi connectivity index (χ1) is 9.95. The number of benzene rings is 1. The third kappa shape index (κ3) is 3.54. The van der Waals surface area contributed by atoms with E-state index in [2.05, 4.69) is 5.32 Å². The van der Waals surface area contributed by atoms with Gasteiger partial charge in [-0.05, 0) is 31.0 Å². The molecule has 1 aliphatic heterocycles. The summed E-state index contributed by atoms with van der Waals surface area (Å²) in [7, 11) is -2.00. The number of hydrogen-bond donors (Lipinski definition) is 1. The molecule has 0 aliphatic carbocycles. The summed E-state index contributed by atoms with van der Waals surface area (Å²) in [6.45, 7) is 3.15. The van der Waals surface area contributed by atoms with Crippen molar-refractivity contribution in [3.05, 3.63) is 29.8 Å². The molecule has 1 heterocycles. The molecule has 0 bridgehead atoms. The summed E-state index contributed by atoms with van der Waals surface area (Å²) in [6, 6.07) is 7.37. The Labute approximate surface area is 125 Å². The molecule has 21 heavy (non-hydrogen) atoms. The number of sulfonamides is 1. The fourth-order valence-electron chi connectivity index (χ4n) is 2.27. The van der Waals surface area contributed by atoms with Crippen LogP contribution >= 0.6 is 0 Å². The van der Waals surface area contributed by atoms with E-state index in [0.717, 1.165) is 11.3 Å². The van der Waals surface area contributed by atoms with Gasteiger partial charge in [0.05, 0.1) is 6.61 Å². The minimum atomic E-state index is -3.49. The Hall–Kier alpha value is -1.60. The lowest BCUT2D eigenvalue weighted by molar-refractivity contribution is -0.120. The molecule has 7 heteroatoms. The van der Waals surface area contributed by atoms with Crippen LogP contribution in [0.2, 0.25) is 0 Å². The lowest BCUT2D eigenvalue weighted by Gasteiger charge is -2.13. The van der Waals surface area contributed by atoms with Crippen LogP contribution in [0.1, 0.15) is 18.9 Å². The van der Waals surface area contributed by atoms with Crippen molar-refractivity contribution in [2.75, 3.05) is 20.2 Å². The van der Waals surface area contributed by atoms with Crippen molar-refractivity contribution < 1.29 is 17.9 Å². The van der Waals surface area contributed by atoms with Gasteiger partial charge >= 0.3 is 0 Å². The summed E-state index contributed by atoms with van der Waals surface area (Å²) in [5.74, 6) is 0.290. The number of hydrogen-bond acceptors (Lipinski definition) is 4. The molecule has 0 spiro atoms. The molecular formula is C14H20N2O4S. The van der Waals surface area contributed by atoms with Crippen LogP contribution in [0.3, 0.4) is 0 Å². The number of amides is 1. The summed E-state index contributed by atoms with van der Waals surface area (Å²) < 4.78 is 30.5. The first kappa shape index (κ1) is 15.8. The molecule has 1 aromatic rings. The molecule has 1 aromatic carbocycles. The molecule has 0 unspecified atom stereocenters. The molecule has 2 rings (SSSR count). The maximum Gasteiger partial charge on any atom is 0.240 e. The van der Waals surface area contributed by atoms with Crippen molar-refractivity contribution in [3.63, 3.8) is 0 Å². The second kappa shape index (κ2) is 6.44. The van der Waals surface area contributed by atoms with Gasteiger partial charge in [-0.25, -0.2) is 12.7 Å². The predicted molar refractivity (Wildman–Crippen MR) is 79.4 cm³/mol. The van der Waals surface area contributed by atoms with E-state index in [-0.39, 0.29) is 6.54 Å². The minimum Gasteiger partial charge on any atom is -0.494 e. The van der Waals surface area contributed by atoms with Gasteiger partial charge in [0.2, 0.25) is 15.9 Å². The van der Waals surface area contributed by atoms with Crippen molar-refractivity contribution in [3.8, 4) is 5.75 Å². The van der Waals surface area contributed by atoms with Gasteiger partial charge in [-0.1, -0.05) is 12.1 Å². The Morgan fingerprint density at radius 2 is 2.24 bits per heavy atom. The van der Waals surface area contributed by atoms with Crippen molar-refractivity contribution in [2.45, 2.75) is 25.1 Å². The number of nitrogens with one attached hydrogen (secondary N) is 1. The molecule has 0 saturated carbocycles. The molecule has 1 N–H and O–H groups in total. The predicted octanol–water partition coefficient (Wildman–Crippen LogP) is 0.735. The van der Waals surface area contributed by atoms with Crippen LogP contribution in [0.25, 0.3) is 0 Å². The highest BCUT2D eigenvalue weighted by atomic mass is 32.2. The monoisotopic (exact) mass is 312 g/mol. The number of carbonyl (C=O) groups is 1. The number of nitrogens with zero attached hydrogens (tertiary/aromatic N) is 1. The van der Waals surface area contributed by atoms with Gasteiger partial charge in [-0.15, -0.1) is 0 Å². The van der Waals surface area contributed by atoms with Gasteiger partial charge in [-0.2, -0.15) is 0 Å². The Kier molecular flexibility index (Phi) is 4.84. The SMILES string of the molecule is CCOc1cccc(CNC(=O)[C@@H]2CCN(C)S2(=O)=O)c1. The summed E-state index contributed by atoms with van der Waals surface area (Å²) in [5.41, 5.74) is 0.873. The summed E-state index contributed by atoms with van der Waals surface area (Å²) in [4.78, 5) is 12.0. The third-order valence-electron chi connectivity index (χ3n) is 3.47. The van der Waals surface area contributed by atoms with Gasteiger partial charge in [0.25, 0.3) is 0 Å². The van der Waals surface area contributed by atoms with Crippen LogP contribution in [-0.4, -0.2) is 44.1 Å². The quantitative estimate of drug-likeness (QED) is 0.870. The van der Waals surface area contributed by atoms with Crippen LogP contribution in [0, 0.1) is 0 Å². The van der Waals surface area contributed by atoms with E-state index in [0.29, 0.717) is 19.6 Å². The Balaban J connectivity index is 1.97. The second-order valence-corrected chi connectivity index (χ2v) is 7.16. The van der Waals surface area contributed by atoms with E-state index in [1.54, 1.807) is 0 Å². The number of rotatable bonds is 5. The molecule has 0 radical (unpaired) electrons. The van der Waals surface area contributed by atoms with Crippen LogP contribution < -0.4 is 10.1 Å². The average molecular weight is 312 g/mol. The zero-order chi connectivity index (χ0) is 15.5. The van der Waals surface area contributed by atoms with Crippen molar-refractivity contribution in [1.29, 1.82) is 0 Å². The summed E-state index contributed by atoms with van der Waals surface area (Å²) >= 11 is 0. The minimum absolute atomic E-state index is 0.287. The highest BCUT2D eigenvalue weighted by Gasteiger charge is 2.41. The van der Waals surface area contributed by atoms with E-state index in [1.807, 2.05) is 31.2 Å². The summed E-state index contributed by atoms with van der Waals surface area (Å²) in [5, 5.41) is 1.71. The van der Waals surface area contributed by atoms with E-state index < -0.39 is 21.2 Å². The van der Waals surface area contributed by atoms with Gasteiger partial charge in [0, 0.05) is 20.1 Å². The van der Waals surface area contributed by atoms with E-state index in [1.165, 1.54) is 11.4 Å². The maximum absolute atomic E-state index is 12.0. The van der Waals surface area contributed by atoms with Gasteiger partial charge in [-0.3, -0.25) is 4.79 Å². The topological polar surface area (TPSA) is 75.7 Å². The smallest absolute Gasteiger partial charge is 0.240 e. The fraction of sp³-hybridized carbons (Fsp3) is 0.500. The molecule has 6 nitrogen and oxygen atoms in total. The highest BCUT2D eigenvalue weighted by molar-refractivity contribution is 7.90. The largest absolute Gasteiger partial charge is 0.494 e. The molecule has 1 fully saturated rings. The molecule has 1 saturated heterocycles. The van der Waals surface area contributed by atoms with E-state index in [9.17, 15) is 13.2 Å². The average Bonchev–Trinajstić information content (AvgIpc) is 2.71. The Morgan fingerprint density at radius 1 is 1.48 bits per heavy atom. The Morgan fingerprint density at radius 3 is 2.86 bits per heavy atom. The third-order valence-corrected chi connectivity index (χ3v) is 5.69. The second-order valence-electron chi connectivity index (χ2n) is 4.94. The number of ether oxygens (including phenoxy) is 1. The van der Waals surface area contributed by atoms with Gasteiger partial charge in [0.15, 0.2) is 5.25 Å². The van der Waals surface area contributed by atoms with Gasteiger partial charge in [0.1, 0.15) is 5.75 Å². The molecular weight excluding hydrogens is 292 g/mol. The van der Waals surface area contributed by atoms with Crippen LogP contribution in [-0.2, 0) is 21.4 Å². The van der Waals surface area contributed by atoms with Crippen molar-refractivity contribution in [1.82, 2.24) is 9.62 Å². The van der Waals surface area contributed by atoms with Crippen LogP contribution in [0.4, 0.5) is 0 Å². The zero-order valence-corrected chi connectivity index (χ0v) is 13.0. The van der Waals surface area contributed by atoms with Crippen molar-refractivity contribution in [2.24, 2.45) is 0 Å². The van der Waals surface area contributed by atoms with E-state index >= 15 is 0 Å².